The van der Waals surface area contributed by atoms with Gasteiger partial charge in [-0.3, -0.25) is 9.59 Å². The van der Waals surface area contributed by atoms with E-state index in [1.807, 2.05) is 36.4 Å². The number of fused-ring (bicyclic) bond motifs is 1. The molecule has 0 saturated carbocycles. The van der Waals surface area contributed by atoms with Crippen molar-refractivity contribution in [3.05, 3.63) is 107 Å². The molecule has 0 aliphatic carbocycles. The van der Waals surface area contributed by atoms with Gasteiger partial charge in [0.2, 0.25) is 0 Å². The van der Waals surface area contributed by atoms with E-state index in [0.29, 0.717) is 16.5 Å². The van der Waals surface area contributed by atoms with Crippen molar-refractivity contribution in [2.45, 2.75) is 6.54 Å². The summed E-state index contributed by atoms with van der Waals surface area (Å²) in [7, 11) is 0. The van der Waals surface area contributed by atoms with Crippen molar-refractivity contribution in [3.63, 3.8) is 0 Å². The number of carbonyl (C=O) groups is 1. The van der Waals surface area contributed by atoms with Crippen LogP contribution in [0.1, 0.15) is 16.1 Å². The summed E-state index contributed by atoms with van der Waals surface area (Å²) in [5, 5.41) is 14.6. The van der Waals surface area contributed by atoms with Gasteiger partial charge in [0.15, 0.2) is 5.69 Å². The van der Waals surface area contributed by atoms with Crippen molar-refractivity contribution >= 4 is 16.7 Å². The molecule has 1 amide bonds. The topological polar surface area (TPSA) is 79.0 Å². The van der Waals surface area contributed by atoms with Gasteiger partial charge in [-0.1, -0.05) is 66.7 Å². The van der Waals surface area contributed by atoms with Crippen LogP contribution in [0.2, 0.25) is 0 Å². The summed E-state index contributed by atoms with van der Waals surface area (Å²) in [6.45, 7) is 0.182. The molecule has 6 nitrogen and oxygen atoms in total. The molecule has 0 fully saturated rings. The van der Waals surface area contributed by atoms with Crippen molar-refractivity contribution in [2.24, 2.45) is 0 Å². The molecular formula is C24H18N4O2. The van der Waals surface area contributed by atoms with Crippen LogP contribution in [0.3, 0.4) is 0 Å². The summed E-state index contributed by atoms with van der Waals surface area (Å²) in [6.07, 6.45) is 0. The van der Waals surface area contributed by atoms with Crippen molar-refractivity contribution in [1.82, 2.24) is 14.7 Å². The molecule has 0 aliphatic heterocycles. The third-order valence-corrected chi connectivity index (χ3v) is 4.77. The molecular weight excluding hydrogens is 376 g/mol. The number of amides is 1. The first-order valence-corrected chi connectivity index (χ1v) is 9.46. The zero-order chi connectivity index (χ0) is 20.9. The predicted octanol–water partition coefficient (Wildman–Crippen LogP) is 3.55. The van der Waals surface area contributed by atoms with Crippen molar-refractivity contribution < 1.29 is 4.79 Å². The highest BCUT2D eigenvalue weighted by Gasteiger charge is 2.22. The fraction of sp³-hybridized carbons (Fsp3) is 0.0833. The van der Waals surface area contributed by atoms with E-state index in [2.05, 4.69) is 11.2 Å². The lowest BCUT2D eigenvalue weighted by molar-refractivity contribution is 0.0759. The molecule has 1 aromatic heterocycles. The average molecular weight is 394 g/mol. The minimum Gasteiger partial charge on any atom is -0.320 e. The zero-order valence-corrected chi connectivity index (χ0v) is 16.1. The van der Waals surface area contributed by atoms with Crippen LogP contribution < -0.4 is 5.56 Å². The Labute approximate surface area is 173 Å². The lowest BCUT2D eigenvalue weighted by Crippen LogP contribution is -2.34. The van der Waals surface area contributed by atoms with Crippen molar-refractivity contribution in [2.75, 3.05) is 6.54 Å². The molecule has 0 atom stereocenters. The van der Waals surface area contributed by atoms with Crippen LogP contribution in [-0.2, 0) is 6.54 Å². The van der Waals surface area contributed by atoms with Gasteiger partial charge in [-0.25, -0.2) is 0 Å². The minimum absolute atomic E-state index is 0.0891. The molecule has 0 saturated heterocycles. The molecule has 0 radical (unpaired) electrons. The largest absolute Gasteiger partial charge is 0.320 e. The van der Waals surface area contributed by atoms with Gasteiger partial charge in [-0.2, -0.15) is 15.0 Å². The second-order valence-electron chi connectivity index (χ2n) is 6.75. The fourth-order valence-electron chi connectivity index (χ4n) is 3.33. The molecule has 0 aliphatic rings. The third-order valence-electron chi connectivity index (χ3n) is 4.77. The summed E-state index contributed by atoms with van der Waals surface area (Å²) >= 11 is 0. The van der Waals surface area contributed by atoms with Crippen molar-refractivity contribution in [1.29, 1.82) is 5.26 Å². The molecule has 3 aromatic carbocycles. The zero-order valence-electron chi connectivity index (χ0n) is 16.1. The number of benzene rings is 3. The SMILES string of the molecule is N#CCN(Cc1ccccc1)C(=O)c1nn(-c2ccccc2)c(=O)c2ccccc12. The normalized spacial score (nSPS) is 10.5. The van der Waals surface area contributed by atoms with Crippen LogP contribution >= 0.6 is 0 Å². The molecule has 6 heteroatoms. The van der Waals surface area contributed by atoms with E-state index in [1.54, 1.807) is 48.5 Å². The van der Waals surface area contributed by atoms with E-state index in [-0.39, 0.29) is 24.3 Å². The Morgan fingerprint density at radius 3 is 2.17 bits per heavy atom. The fourth-order valence-corrected chi connectivity index (χ4v) is 3.33. The molecule has 0 N–H and O–H groups in total. The van der Waals surface area contributed by atoms with Crippen LogP contribution in [0, 0.1) is 11.3 Å². The number of carbonyl (C=O) groups excluding carboxylic acids is 1. The average Bonchev–Trinajstić information content (AvgIpc) is 2.80. The maximum absolute atomic E-state index is 13.4. The molecule has 4 rings (SSSR count). The molecule has 0 unspecified atom stereocenters. The molecule has 4 aromatic rings. The number of hydrogen-bond acceptors (Lipinski definition) is 4. The van der Waals surface area contributed by atoms with E-state index in [0.717, 1.165) is 5.56 Å². The van der Waals surface area contributed by atoms with Gasteiger partial charge in [-0.05, 0) is 23.8 Å². The highest BCUT2D eigenvalue weighted by molar-refractivity contribution is 6.04. The number of para-hydroxylation sites is 1. The van der Waals surface area contributed by atoms with Crippen LogP contribution in [-0.4, -0.2) is 27.1 Å². The summed E-state index contributed by atoms with van der Waals surface area (Å²) in [6, 6.07) is 27.4. The van der Waals surface area contributed by atoms with Gasteiger partial charge in [0, 0.05) is 11.9 Å². The van der Waals surface area contributed by atoms with E-state index >= 15 is 0 Å². The maximum atomic E-state index is 13.4. The maximum Gasteiger partial charge on any atom is 0.279 e. The van der Waals surface area contributed by atoms with E-state index in [9.17, 15) is 14.9 Å². The van der Waals surface area contributed by atoms with Gasteiger partial charge in [0.1, 0.15) is 6.54 Å². The van der Waals surface area contributed by atoms with Gasteiger partial charge in [0.25, 0.3) is 11.5 Å². The second kappa shape index (κ2) is 8.41. The summed E-state index contributed by atoms with van der Waals surface area (Å²) in [4.78, 5) is 27.9. The highest BCUT2D eigenvalue weighted by Crippen LogP contribution is 2.18. The van der Waals surface area contributed by atoms with Crippen molar-refractivity contribution in [3.8, 4) is 11.8 Å². The first-order chi connectivity index (χ1) is 14.7. The second-order valence-corrected chi connectivity index (χ2v) is 6.75. The molecule has 1 heterocycles. The first kappa shape index (κ1) is 19.1. The summed E-state index contributed by atoms with van der Waals surface area (Å²) < 4.78 is 1.24. The minimum atomic E-state index is -0.402. The number of nitrogens with zero attached hydrogens (tertiary/aromatic N) is 4. The van der Waals surface area contributed by atoms with Crippen LogP contribution in [0.4, 0.5) is 0 Å². The summed E-state index contributed by atoms with van der Waals surface area (Å²) in [5.74, 6) is -0.402. The number of rotatable bonds is 5. The smallest absolute Gasteiger partial charge is 0.279 e. The Morgan fingerprint density at radius 2 is 1.50 bits per heavy atom. The first-order valence-electron chi connectivity index (χ1n) is 9.46. The lowest BCUT2D eigenvalue weighted by Gasteiger charge is -2.20. The highest BCUT2D eigenvalue weighted by atomic mass is 16.2. The number of hydrogen-bond donors (Lipinski definition) is 0. The van der Waals surface area contributed by atoms with Crippen LogP contribution in [0.25, 0.3) is 16.5 Å². The molecule has 146 valence electrons. The van der Waals surface area contributed by atoms with Gasteiger partial charge < -0.3 is 4.90 Å². The lowest BCUT2D eigenvalue weighted by atomic mass is 10.1. The van der Waals surface area contributed by atoms with Crippen LogP contribution in [0.15, 0.2) is 89.7 Å². The van der Waals surface area contributed by atoms with E-state index in [1.165, 1.54) is 9.58 Å². The Balaban J connectivity index is 1.86. The van der Waals surface area contributed by atoms with Gasteiger partial charge in [-0.15, -0.1) is 0 Å². The number of aromatic nitrogens is 2. The molecule has 0 bridgehead atoms. The Hall–Kier alpha value is -4.24. The predicted molar refractivity (Wildman–Crippen MR) is 114 cm³/mol. The Morgan fingerprint density at radius 1 is 0.900 bits per heavy atom. The van der Waals surface area contributed by atoms with E-state index < -0.39 is 5.91 Å². The quantitative estimate of drug-likeness (QED) is 0.485. The summed E-state index contributed by atoms with van der Waals surface area (Å²) in [5.41, 5.74) is 1.31. The van der Waals surface area contributed by atoms with Gasteiger partial charge >= 0.3 is 0 Å². The van der Waals surface area contributed by atoms with E-state index in [4.69, 9.17) is 0 Å². The standard InChI is InChI=1S/C24H18N4O2/c25-15-16-27(17-18-9-3-1-4-10-18)24(30)22-20-13-7-8-14-21(20)23(29)28(26-22)19-11-5-2-6-12-19/h1-14H,16-17H2. The Bertz CT molecular complexity index is 1290. The number of nitriles is 1. The van der Waals surface area contributed by atoms with Crippen LogP contribution in [0.5, 0.6) is 0 Å². The molecule has 0 spiro atoms. The van der Waals surface area contributed by atoms with Gasteiger partial charge in [0.05, 0.1) is 17.1 Å². The molecule has 30 heavy (non-hydrogen) atoms. The Kier molecular flexibility index (Phi) is 5.35. The monoisotopic (exact) mass is 394 g/mol. The third kappa shape index (κ3) is 3.69.